The number of amides is 4. The Balaban J connectivity index is 0.702. The van der Waals surface area contributed by atoms with Crippen molar-refractivity contribution in [1.82, 2.24) is 25.2 Å². The number of nitrogens with zero attached hydrogens (tertiary/aromatic N) is 3. The number of aromatic amines is 1. The molecule has 5 aromatic rings. The van der Waals surface area contributed by atoms with Crippen LogP contribution in [0.15, 0.2) is 61.1 Å². The van der Waals surface area contributed by atoms with Gasteiger partial charge in [0, 0.05) is 58.5 Å². The zero-order valence-corrected chi connectivity index (χ0v) is 30.0. The number of hydrogen-bond donors (Lipinski definition) is 2. The molecule has 7 rings (SSSR count). The van der Waals surface area contributed by atoms with Gasteiger partial charge < -0.3 is 33.4 Å². The van der Waals surface area contributed by atoms with Crippen LogP contribution in [0.5, 0.6) is 11.6 Å². The summed E-state index contributed by atoms with van der Waals surface area (Å²) in [7, 11) is 0. The lowest BCUT2D eigenvalue weighted by atomic mass is 10.0. The number of imide groups is 2. The van der Waals surface area contributed by atoms with Crippen LogP contribution in [0, 0.1) is 11.6 Å². The van der Waals surface area contributed by atoms with E-state index < -0.39 is 41.3 Å². The van der Waals surface area contributed by atoms with Crippen LogP contribution in [0.3, 0.4) is 0 Å². The highest BCUT2D eigenvalue weighted by atomic mass is 19.2. The van der Waals surface area contributed by atoms with Crippen LogP contribution in [0.25, 0.3) is 32.9 Å². The minimum absolute atomic E-state index is 0.0492. The van der Waals surface area contributed by atoms with Gasteiger partial charge in [0.1, 0.15) is 25.0 Å². The third kappa shape index (κ3) is 8.50. The molecule has 2 aliphatic rings. The number of H-pyrrole nitrogens is 1. The van der Waals surface area contributed by atoms with Crippen molar-refractivity contribution in [3.8, 4) is 22.8 Å². The summed E-state index contributed by atoms with van der Waals surface area (Å²) in [4.78, 5) is 61.7. The number of ether oxygens (including phenoxy) is 6. The molecule has 5 heterocycles. The van der Waals surface area contributed by atoms with Crippen LogP contribution in [0.4, 0.5) is 8.78 Å². The second kappa shape index (κ2) is 17.7. The number of piperidine rings is 1. The fraction of sp³-hybridized carbons (Fsp3) is 0.333. The Hall–Kier alpha value is -5.88. The molecule has 0 aliphatic carbocycles. The molecule has 1 unspecified atom stereocenters. The highest BCUT2D eigenvalue weighted by molar-refractivity contribution is 6.23. The van der Waals surface area contributed by atoms with E-state index in [0.717, 1.165) is 4.90 Å². The van der Waals surface area contributed by atoms with Gasteiger partial charge in [-0.2, -0.15) is 0 Å². The van der Waals surface area contributed by atoms with E-state index in [2.05, 4.69) is 20.3 Å². The highest BCUT2D eigenvalue weighted by Gasteiger charge is 2.44. The first kappa shape index (κ1) is 38.4. The summed E-state index contributed by atoms with van der Waals surface area (Å²) >= 11 is 0. The molecular formula is C39H37F2N5O10. The van der Waals surface area contributed by atoms with E-state index in [9.17, 15) is 19.2 Å². The van der Waals surface area contributed by atoms with Crippen molar-refractivity contribution >= 4 is 45.4 Å². The van der Waals surface area contributed by atoms with Gasteiger partial charge in [-0.3, -0.25) is 34.4 Å². The molecule has 1 fully saturated rings. The topological polar surface area (TPSA) is 180 Å². The molecule has 1 atom stereocenters. The van der Waals surface area contributed by atoms with Gasteiger partial charge >= 0.3 is 0 Å². The van der Waals surface area contributed by atoms with Crippen molar-refractivity contribution in [2.75, 3.05) is 66.1 Å². The van der Waals surface area contributed by atoms with E-state index in [1.54, 1.807) is 36.5 Å². The van der Waals surface area contributed by atoms with Crippen molar-refractivity contribution in [2.24, 2.45) is 0 Å². The summed E-state index contributed by atoms with van der Waals surface area (Å²) in [5, 5.41) is 2.84. The summed E-state index contributed by atoms with van der Waals surface area (Å²) in [5.74, 6) is -3.50. The van der Waals surface area contributed by atoms with Gasteiger partial charge in [0.05, 0.1) is 69.5 Å². The lowest BCUT2D eigenvalue weighted by molar-refractivity contribution is -0.136. The monoisotopic (exact) mass is 773 g/mol. The maximum atomic E-state index is 15.0. The Morgan fingerprint density at radius 2 is 1.38 bits per heavy atom. The van der Waals surface area contributed by atoms with Crippen LogP contribution in [0.1, 0.15) is 33.6 Å². The van der Waals surface area contributed by atoms with Gasteiger partial charge in [-0.25, -0.2) is 13.8 Å². The number of rotatable bonds is 19. The van der Waals surface area contributed by atoms with E-state index in [4.69, 9.17) is 28.4 Å². The SMILES string of the molecule is O=C1CCC(N2C(=O)c3ccc(OCCOCCOCCOCCOCCOc4ccc(-c5cc6[nH]c7ccncc7c6c(F)c5F)cn4)cc3C2=O)C(=O)N1. The molecular weight excluding hydrogens is 736 g/mol. The Labute approximate surface area is 318 Å². The zero-order valence-electron chi connectivity index (χ0n) is 30.0. The second-order valence-corrected chi connectivity index (χ2v) is 12.7. The van der Waals surface area contributed by atoms with Crippen LogP contribution in [-0.2, 0) is 28.5 Å². The highest BCUT2D eigenvalue weighted by Crippen LogP contribution is 2.35. The molecule has 0 radical (unpaired) electrons. The molecule has 4 amide bonds. The first-order chi connectivity index (χ1) is 27.3. The number of benzene rings is 2. The molecule has 0 bridgehead atoms. The molecule has 17 heteroatoms. The fourth-order valence-corrected chi connectivity index (χ4v) is 6.40. The molecule has 2 N–H and O–H groups in total. The first-order valence-corrected chi connectivity index (χ1v) is 17.9. The summed E-state index contributed by atoms with van der Waals surface area (Å²) in [6.07, 6.45) is 4.64. The fourth-order valence-electron chi connectivity index (χ4n) is 6.40. The largest absolute Gasteiger partial charge is 0.491 e. The van der Waals surface area contributed by atoms with Gasteiger partial charge in [-0.15, -0.1) is 0 Å². The number of hydrogen-bond acceptors (Lipinski definition) is 12. The minimum atomic E-state index is -1.03. The Morgan fingerprint density at radius 1 is 0.696 bits per heavy atom. The van der Waals surface area contributed by atoms with Gasteiger partial charge in [0.15, 0.2) is 11.6 Å². The number of fused-ring (bicyclic) bond motifs is 4. The predicted molar refractivity (Wildman–Crippen MR) is 194 cm³/mol. The standard InChI is InChI=1S/C39H37F2N5O10/c40-35-26(20-30-34(36(35)41)28-22-42-8-7-29(28)44-30)23-1-6-33(43-21-23)56-18-16-54-14-12-52-10-9-51-11-13-53-15-17-55-24-2-3-25-27(19-24)39(50)46(38(25)49)31-4-5-32(47)45-37(31)48/h1-3,6-8,19-22,31,44H,4-5,9-18H2,(H,45,47,48). The summed E-state index contributed by atoms with van der Waals surface area (Å²) in [6, 6.07) is 9.95. The summed E-state index contributed by atoms with van der Waals surface area (Å²) in [6.45, 7) is 3.11. The lowest BCUT2D eigenvalue weighted by Crippen LogP contribution is -2.54. The van der Waals surface area contributed by atoms with Crippen LogP contribution in [0.2, 0.25) is 0 Å². The third-order valence-electron chi connectivity index (χ3n) is 9.12. The van der Waals surface area contributed by atoms with E-state index >= 15 is 8.78 Å². The molecule has 0 saturated carbocycles. The van der Waals surface area contributed by atoms with Gasteiger partial charge in [0.25, 0.3) is 11.8 Å². The maximum absolute atomic E-state index is 15.0. The molecule has 3 aromatic heterocycles. The number of nitrogens with one attached hydrogen (secondary N) is 2. The molecule has 2 aromatic carbocycles. The molecule has 56 heavy (non-hydrogen) atoms. The molecule has 1 saturated heterocycles. The first-order valence-electron chi connectivity index (χ1n) is 17.9. The summed E-state index contributed by atoms with van der Waals surface area (Å²) < 4.78 is 63.4. The predicted octanol–water partition coefficient (Wildman–Crippen LogP) is 3.98. The number of halogens is 2. The maximum Gasteiger partial charge on any atom is 0.262 e. The minimum Gasteiger partial charge on any atom is -0.491 e. The summed E-state index contributed by atoms with van der Waals surface area (Å²) in [5.41, 5.74) is 1.92. The molecule has 292 valence electrons. The smallest absolute Gasteiger partial charge is 0.262 e. The number of carbonyl (C=O) groups excluding carboxylic acids is 4. The normalized spacial score (nSPS) is 15.5. The van der Waals surface area contributed by atoms with Crippen LogP contribution >= 0.6 is 0 Å². The van der Waals surface area contributed by atoms with Crippen molar-refractivity contribution < 1.29 is 56.4 Å². The number of pyridine rings is 2. The number of aromatic nitrogens is 3. The van der Waals surface area contributed by atoms with E-state index in [1.165, 1.54) is 24.5 Å². The molecule has 0 spiro atoms. The Bertz CT molecular complexity index is 2250. The van der Waals surface area contributed by atoms with Gasteiger partial charge in [-0.1, -0.05) is 0 Å². The van der Waals surface area contributed by atoms with Crippen molar-refractivity contribution in [3.63, 3.8) is 0 Å². The van der Waals surface area contributed by atoms with E-state index in [1.807, 2.05) is 0 Å². The van der Waals surface area contributed by atoms with E-state index in [0.29, 0.717) is 79.9 Å². The van der Waals surface area contributed by atoms with Crippen molar-refractivity contribution in [1.29, 1.82) is 0 Å². The Kier molecular flexibility index (Phi) is 12.1. The quantitative estimate of drug-likeness (QED) is 0.0912. The average molecular weight is 774 g/mol. The molecule has 2 aliphatic heterocycles. The average Bonchev–Trinajstić information content (AvgIpc) is 3.69. The zero-order chi connectivity index (χ0) is 39.0. The third-order valence-corrected chi connectivity index (χ3v) is 9.12. The molecule has 15 nitrogen and oxygen atoms in total. The van der Waals surface area contributed by atoms with Crippen LogP contribution in [-0.4, -0.2) is 116 Å². The van der Waals surface area contributed by atoms with E-state index in [-0.39, 0.29) is 54.7 Å². The number of carbonyl (C=O) groups is 4. The lowest BCUT2D eigenvalue weighted by Gasteiger charge is -2.27. The van der Waals surface area contributed by atoms with Crippen molar-refractivity contribution in [3.05, 3.63) is 83.8 Å². The van der Waals surface area contributed by atoms with Crippen molar-refractivity contribution in [2.45, 2.75) is 18.9 Å². The van der Waals surface area contributed by atoms with Gasteiger partial charge in [0.2, 0.25) is 17.7 Å². The van der Waals surface area contributed by atoms with Crippen LogP contribution < -0.4 is 14.8 Å². The second-order valence-electron chi connectivity index (χ2n) is 12.7. The van der Waals surface area contributed by atoms with Gasteiger partial charge in [-0.05, 0) is 42.8 Å². The Morgan fingerprint density at radius 3 is 2.05 bits per heavy atom.